The second kappa shape index (κ2) is 8.69. The molecule has 0 saturated heterocycles. The van der Waals surface area contributed by atoms with Crippen molar-refractivity contribution in [2.24, 2.45) is 11.7 Å². The monoisotopic (exact) mass is 313 g/mol. The molecule has 18 heavy (non-hydrogen) atoms. The topological polar surface area (TPSA) is 68.0 Å². The molecule has 0 aliphatic heterocycles. The number of nitrogens with zero attached hydrogens (tertiary/aromatic N) is 1. The first-order valence-corrected chi connectivity index (χ1v) is 6.21. The first kappa shape index (κ1) is 20.0. The minimum absolute atomic E-state index is 0. The van der Waals surface area contributed by atoms with E-state index in [1.54, 1.807) is 11.3 Å². The molecular weight excluding hydrogens is 293 g/mol. The summed E-state index contributed by atoms with van der Waals surface area (Å²) < 4.78 is 0. The minimum atomic E-state index is -0.455. The number of carbonyl (C=O) groups is 1. The Morgan fingerprint density at radius 3 is 2.33 bits per heavy atom. The SMILES string of the molecule is Cc1cnc(C(C)NC(=O)[C@H](N)C(C)C)s1.Cl.Cl. The first-order valence-electron chi connectivity index (χ1n) is 5.40. The van der Waals surface area contributed by atoms with Gasteiger partial charge in [0.25, 0.3) is 0 Å². The molecule has 1 unspecified atom stereocenters. The molecule has 7 heteroatoms. The lowest BCUT2D eigenvalue weighted by atomic mass is 10.0. The van der Waals surface area contributed by atoms with Crippen LogP contribution in [0, 0.1) is 12.8 Å². The molecule has 2 atom stereocenters. The highest BCUT2D eigenvalue weighted by molar-refractivity contribution is 7.11. The van der Waals surface area contributed by atoms with Gasteiger partial charge in [-0.15, -0.1) is 36.2 Å². The van der Waals surface area contributed by atoms with Gasteiger partial charge in [0.15, 0.2) is 0 Å². The number of hydrogen-bond donors (Lipinski definition) is 2. The van der Waals surface area contributed by atoms with Crippen molar-refractivity contribution in [3.05, 3.63) is 16.1 Å². The maximum atomic E-state index is 11.7. The summed E-state index contributed by atoms with van der Waals surface area (Å²) in [5, 5.41) is 3.79. The molecule has 106 valence electrons. The first-order chi connectivity index (χ1) is 7.41. The van der Waals surface area contributed by atoms with Gasteiger partial charge in [0, 0.05) is 11.1 Å². The molecule has 0 bridgehead atoms. The molecule has 1 rings (SSSR count). The Labute approximate surface area is 125 Å². The fourth-order valence-electron chi connectivity index (χ4n) is 1.25. The predicted octanol–water partition coefficient (Wildman–Crippen LogP) is 2.46. The van der Waals surface area contributed by atoms with Gasteiger partial charge >= 0.3 is 0 Å². The van der Waals surface area contributed by atoms with Crippen molar-refractivity contribution < 1.29 is 4.79 Å². The smallest absolute Gasteiger partial charge is 0.237 e. The fraction of sp³-hybridized carbons (Fsp3) is 0.636. The van der Waals surface area contributed by atoms with Crippen molar-refractivity contribution in [2.75, 3.05) is 0 Å². The molecule has 0 aromatic carbocycles. The van der Waals surface area contributed by atoms with Crippen LogP contribution >= 0.6 is 36.2 Å². The van der Waals surface area contributed by atoms with Gasteiger partial charge in [-0.25, -0.2) is 4.98 Å². The van der Waals surface area contributed by atoms with E-state index in [0.29, 0.717) is 0 Å². The maximum absolute atomic E-state index is 11.7. The third-order valence-electron chi connectivity index (χ3n) is 2.39. The number of nitrogens with two attached hydrogens (primary N) is 1. The van der Waals surface area contributed by atoms with Crippen LogP contribution in [-0.4, -0.2) is 16.9 Å². The third-order valence-corrected chi connectivity index (χ3v) is 3.48. The Bertz CT molecular complexity index is 371. The standard InChI is InChI=1S/C11H19N3OS.2ClH/c1-6(2)9(12)10(15)14-8(4)11-13-5-7(3)16-11;;/h5-6,8-9H,12H2,1-4H3,(H,14,15);2*1H/t8?,9-;;/m1../s1. The van der Waals surface area contributed by atoms with Gasteiger partial charge in [0.1, 0.15) is 5.01 Å². The quantitative estimate of drug-likeness (QED) is 0.897. The van der Waals surface area contributed by atoms with Gasteiger partial charge in [-0.3, -0.25) is 4.79 Å². The molecule has 1 aromatic heterocycles. The molecule has 0 spiro atoms. The number of amides is 1. The molecule has 0 radical (unpaired) electrons. The molecule has 1 amide bonds. The normalized spacial score (nSPS) is 13.2. The van der Waals surface area contributed by atoms with E-state index in [0.717, 1.165) is 9.88 Å². The zero-order valence-corrected chi connectivity index (χ0v) is 13.4. The van der Waals surface area contributed by atoms with Gasteiger partial charge in [-0.05, 0) is 19.8 Å². The second-order valence-corrected chi connectivity index (χ2v) is 5.58. The summed E-state index contributed by atoms with van der Waals surface area (Å²) in [6.45, 7) is 7.78. The van der Waals surface area contributed by atoms with Crippen molar-refractivity contribution in [2.45, 2.75) is 39.8 Å². The number of thiazole rings is 1. The van der Waals surface area contributed by atoms with E-state index < -0.39 is 6.04 Å². The van der Waals surface area contributed by atoms with Crippen LogP contribution in [0.2, 0.25) is 0 Å². The van der Waals surface area contributed by atoms with E-state index in [1.807, 2.05) is 33.9 Å². The lowest BCUT2D eigenvalue weighted by Gasteiger charge is -2.18. The lowest BCUT2D eigenvalue weighted by Crippen LogP contribution is -2.44. The van der Waals surface area contributed by atoms with Crippen molar-refractivity contribution in [3.63, 3.8) is 0 Å². The number of hydrogen-bond acceptors (Lipinski definition) is 4. The molecule has 0 aliphatic carbocycles. The van der Waals surface area contributed by atoms with Crippen molar-refractivity contribution in [1.82, 2.24) is 10.3 Å². The predicted molar refractivity (Wildman–Crippen MR) is 80.7 cm³/mol. The van der Waals surface area contributed by atoms with E-state index in [1.165, 1.54) is 0 Å². The van der Waals surface area contributed by atoms with E-state index in [-0.39, 0.29) is 42.7 Å². The Morgan fingerprint density at radius 1 is 1.39 bits per heavy atom. The maximum Gasteiger partial charge on any atom is 0.237 e. The third kappa shape index (κ3) is 5.52. The van der Waals surface area contributed by atoms with Crippen LogP contribution < -0.4 is 11.1 Å². The molecule has 1 aromatic rings. The Morgan fingerprint density at radius 2 is 1.94 bits per heavy atom. The van der Waals surface area contributed by atoms with E-state index in [4.69, 9.17) is 5.73 Å². The number of rotatable bonds is 4. The average Bonchev–Trinajstić information content (AvgIpc) is 2.63. The van der Waals surface area contributed by atoms with Crippen molar-refractivity contribution in [1.29, 1.82) is 0 Å². The summed E-state index contributed by atoms with van der Waals surface area (Å²) in [5.41, 5.74) is 5.76. The fourth-order valence-corrected chi connectivity index (χ4v) is 2.02. The highest BCUT2D eigenvalue weighted by Crippen LogP contribution is 2.19. The zero-order valence-electron chi connectivity index (χ0n) is 11.0. The van der Waals surface area contributed by atoms with Gasteiger partial charge < -0.3 is 11.1 Å². The summed E-state index contributed by atoms with van der Waals surface area (Å²) in [5.74, 6) is 0.0283. The van der Waals surface area contributed by atoms with Crippen LogP contribution in [0.1, 0.15) is 36.7 Å². The molecule has 3 N–H and O–H groups in total. The highest BCUT2D eigenvalue weighted by atomic mass is 35.5. The van der Waals surface area contributed by atoms with E-state index in [2.05, 4.69) is 10.3 Å². The Balaban J connectivity index is 0. The largest absolute Gasteiger partial charge is 0.346 e. The van der Waals surface area contributed by atoms with Gasteiger partial charge in [-0.2, -0.15) is 0 Å². The van der Waals surface area contributed by atoms with Crippen LogP contribution in [0.3, 0.4) is 0 Å². The molecule has 1 heterocycles. The van der Waals surface area contributed by atoms with Gasteiger partial charge in [-0.1, -0.05) is 13.8 Å². The Kier molecular flexibility index (Phi) is 9.64. The van der Waals surface area contributed by atoms with Crippen LogP contribution in [0.4, 0.5) is 0 Å². The number of halogens is 2. The van der Waals surface area contributed by atoms with Gasteiger partial charge in [0.05, 0.1) is 12.1 Å². The zero-order chi connectivity index (χ0) is 12.3. The van der Waals surface area contributed by atoms with Crippen LogP contribution in [0.15, 0.2) is 6.20 Å². The number of nitrogens with one attached hydrogen (secondary N) is 1. The van der Waals surface area contributed by atoms with E-state index in [9.17, 15) is 4.79 Å². The second-order valence-electron chi connectivity index (χ2n) is 4.31. The van der Waals surface area contributed by atoms with Gasteiger partial charge in [0.2, 0.25) is 5.91 Å². The number of carbonyl (C=O) groups excluding carboxylic acids is 1. The Hall–Kier alpha value is -0.360. The summed E-state index contributed by atoms with van der Waals surface area (Å²) >= 11 is 1.59. The molecular formula is C11H21Cl2N3OS. The van der Waals surface area contributed by atoms with Crippen LogP contribution in [-0.2, 0) is 4.79 Å². The summed E-state index contributed by atoms with van der Waals surface area (Å²) in [6, 6.07) is -0.528. The van der Waals surface area contributed by atoms with Crippen LogP contribution in [0.5, 0.6) is 0 Å². The molecule has 0 fully saturated rings. The average molecular weight is 314 g/mol. The van der Waals surface area contributed by atoms with Crippen molar-refractivity contribution in [3.8, 4) is 0 Å². The minimum Gasteiger partial charge on any atom is -0.346 e. The van der Waals surface area contributed by atoms with E-state index >= 15 is 0 Å². The molecule has 0 saturated carbocycles. The summed E-state index contributed by atoms with van der Waals surface area (Å²) in [7, 11) is 0. The molecule has 0 aliphatic rings. The highest BCUT2D eigenvalue weighted by Gasteiger charge is 2.20. The number of aryl methyl sites for hydroxylation is 1. The molecule has 4 nitrogen and oxygen atoms in total. The lowest BCUT2D eigenvalue weighted by molar-refractivity contribution is -0.123. The summed E-state index contributed by atoms with van der Waals surface area (Å²) in [4.78, 5) is 17.1. The number of aromatic nitrogens is 1. The van der Waals surface area contributed by atoms with Crippen molar-refractivity contribution >= 4 is 42.1 Å². The summed E-state index contributed by atoms with van der Waals surface area (Å²) in [6.07, 6.45) is 1.81. The van der Waals surface area contributed by atoms with Crippen LogP contribution in [0.25, 0.3) is 0 Å².